The van der Waals surface area contributed by atoms with Crippen LogP contribution in [0.1, 0.15) is 386 Å². The number of aliphatic hydroxyl groups excluding tert-OH is 2. The summed E-state index contributed by atoms with van der Waals surface area (Å²) >= 11 is 0. The number of amides is 1. The van der Waals surface area contributed by atoms with Crippen LogP contribution in [0.2, 0.25) is 0 Å². The summed E-state index contributed by atoms with van der Waals surface area (Å²) in [5.41, 5.74) is 0. The Morgan fingerprint density at radius 3 is 0.959 bits per heavy atom. The second-order valence-electron chi connectivity index (χ2n) is 23.5. The van der Waals surface area contributed by atoms with Gasteiger partial charge in [0, 0.05) is 12.8 Å². The summed E-state index contributed by atoms with van der Waals surface area (Å²) in [4.78, 5) is 24.6. The molecule has 0 heterocycles. The number of unbranched alkanes of at least 4 members (excludes halogenated alkanes) is 51. The fourth-order valence-electron chi connectivity index (χ4n) is 10.9. The topological polar surface area (TPSA) is 95.9 Å². The van der Waals surface area contributed by atoms with Crippen molar-refractivity contribution in [3.05, 3.63) is 12.2 Å². The number of hydrogen-bond acceptors (Lipinski definition) is 5. The first-order valence-electron chi connectivity index (χ1n) is 33.9. The third kappa shape index (κ3) is 59.8. The first-order chi connectivity index (χ1) is 36.5. The normalized spacial score (nSPS) is 12.5. The zero-order valence-corrected chi connectivity index (χ0v) is 50.4. The van der Waals surface area contributed by atoms with Gasteiger partial charge in [0.15, 0.2) is 0 Å². The summed E-state index contributed by atoms with van der Waals surface area (Å²) < 4.78 is 5.51. The van der Waals surface area contributed by atoms with Gasteiger partial charge in [0.1, 0.15) is 0 Å². The molecule has 3 N–H and O–H groups in total. The molecule has 0 aliphatic heterocycles. The highest BCUT2D eigenvalue weighted by Crippen LogP contribution is 2.19. The van der Waals surface area contributed by atoms with E-state index in [1.807, 2.05) is 0 Å². The summed E-state index contributed by atoms with van der Waals surface area (Å²) in [6.45, 7) is 4.98. The van der Waals surface area contributed by atoms with E-state index in [1.165, 1.54) is 315 Å². The maximum Gasteiger partial charge on any atom is 0.305 e. The third-order valence-corrected chi connectivity index (χ3v) is 16.1. The SMILES string of the molecule is CCCCCCCCCCCCCCCCCCCCC(=O)OCCCCCCCCCCCCCC/C=C\CCCCCCCCCCCCCC(=O)NC(CO)C(O)CCCCCCCCCCCCCC. The maximum atomic E-state index is 12.5. The van der Waals surface area contributed by atoms with Crippen LogP contribution in [0.25, 0.3) is 0 Å². The van der Waals surface area contributed by atoms with Gasteiger partial charge in [-0.1, -0.05) is 334 Å². The highest BCUT2D eigenvalue weighted by molar-refractivity contribution is 5.76. The molecule has 6 nitrogen and oxygen atoms in total. The molecule has 2 atom stereocenters. The van der Waals surface area contributed by atoms with Gasteiger partial charge in [-0.15, -0.1) is 0 Å². The molecule has 0 aliphatic carbocycles. The predicted molar refractivity (Wildman–Crippen MR) is 324 cm³/mol. The third-order valence-electron chi connectivity index (χ3n) is 16.1. The summed E-state index contributed by atoms with van der Waals surface area (Å²) in [5.74, 6) is -0.0139. The lowest BCUT2D eigenvalue weighted by Gasteiger charge is -2.22. The Kier molecular flexibility index (Phi) is 62.9. The smallest absolute Gasteiger partial charge is 0.305 e. The van der Waals surface area contributed by atoms with E-state index < -0.39 is 12.1 Å². The number of allylic oxidation sites excluding steroid dienone is 2. The minimum atomic E-state index is -0.663. The van der Waals surface area contributed by atoms with E-state index in [9.17, 15) is 19.8 Å². The molecule has 6 heteroatoms. The molecular formula is C68H133NO5. The van der Waals surface area contributed by atoms with Crippen molar-refractivity contribution in [1.29, 1.82) is 0 Å². The van der Waals surface area contributed by atoms with E-state index in [0.29, 0.717) is 25.9 Å². The van der Waals surface area contributed by atoms with Crippen molar-refractivity contribution in [2.75, 3.05) is 13.2 Å². The number of rotatable bonds is 64. The molecule has 440 valence electrons. The van der Waals surface area contributed by atoms with Gasteiger partial charge >= 0.3 is 5.97 Å². The maximum absolute atomic E-state index is 12.5. The lowest BCUT2D eigenvalue weighted by Crippen LogP contribution is -2.45. The molecular weight excluding hydrogens is 911 g/mol. The minimum Gasteiger partial charge on any atom is -0.466 e. The quantitative estimate of drug-likeness (QED) is 0.0320. The Balaban J connectivity index is 3.34. The minimum absolute atomic E-state index is 0.0203. The molecule has 0 radical (unpaired) electrons. The molecule has 1 amide bonds. The first kappa shape index (κ1) is 72.6. The van der Waals surface area contributed by atoms with Crippen LogP contribution in [0.15, 0.2) is 12.2 Å². The van der Waals surface area contributed by atoms with Crippen LogP contribution in [0.5, 0.6) is 0 Å². The van der Waals surface area contributed by atoms with Crippen molar-refractivity contribution in [1.82, 2.24) is 5.32 Å². The van der Waals surface area contributed by atoms with Crippen LogP contribution in [0.4, 0.5) is 0 Å². The number of hydrogen-bond donors (Lipinski definition) is 3. The average Bonchev–Trinajstić information content (AvgIpc) is 3.40. The van der Waals surface area contributed by atoms with Crippen molar-refractivity contribution in [2.45, 2.75) is 398 Å². The van der Waals surface area contributed by atoms with Crippen molar-refractivity contribution >= 4 is 11.9 Å². The Morgan fingerprint density at radius 2 is 0.635 bits per heavy atom. The number of carbonyl (C=O) groups excluding carboxylic acids is 2. The van der Waals surface area contributed by atoms with E-state index in [1.54, 1.807) is 0 Å². The molecule has 0 saturated heterocycles. The van der Waals surface area contributed by atoms with Gasteiger partial charge < -0.3 is 20.3 Å². The standard InChI is InChI=1S/C68H133NO5/c1-3-5-7-9-11-13-15-17-18-19-32-35-38-42-46-50-54-58-62-68(73)74-63-59-55-51-47-43-39-36-33-30-28-26-24-22-20-21-23-25-27-29-31-34-37-41-45-49-53-57-61-67(72)69-65(64-70)66(71)60-56-52-48-44-40-16-14-12-10-8-6-4-2/h20-21,65-66,70-71H,3-19,22-64H2,1-2H3,(H,69,72)/b21-20-. The van der Waals surface area contributed by atoms with Gasteiger partial charge in [0.2, 0.25) is 5.91 Å². The molecule has 0 aliphatic rings. The number of carbonyl (C=O) groups is 2. The van der Waals surface area contributed by atoms with E-state index in [4.69, 9.17) is 4.74 Å². The largest absolute Gasteiger partial charge is 0.466 e. The fraction of sp³-hybridized carbons (Fsp3) is 0.941. The highest BCUT2D eigenvalue weighted by Gasteiger charge is 2.20. The summed E-state index contributed by atoms with van der Waals surface area (Å²) in [6.07, 6.45) is 78.3. The molecule has 0 saturated carbocycles. The molecule has 0 rings (SSSR count). The molecule has 0 bridgehead atoms. The number of ether oxygens (including phenoxy) is 1. The second-order valence-corrected chi connectivity index (χ2v) is 23.5. The molecule has 0 aromatic carbocycles. The van der Waals surface area contributed by atoms with Crippen molar-refractivity contribution in [3.8, 4) is 0 Å². The zero-order valence-electron chi connectivity index (χ0n) is 50.4. The monoisotopic (exact) mass is 1040 g/mol. The first-order valence-corrected chi connectivity index (χ1v) is 33.9. The van der Waals surface area contributed by atoms with Crippen LogP contribution in [0.3, 0.4) is 0 Å². The molecule has 0 aromatic rings. The Labute approximate surface area is 463 Å². The van der Waals surface area contributed by atoms with Gasteiger partial charge in [0.25, 0.3) is 0 Å². The second kappa shape index (κ2) is 64.1. The van der Waals surface area contributed by atoms with Gasteiger partial charge in [-0.2, -0.15) is 0 Å². The average molecular weight is 1040 g/mol. The Hall–Kier alpha value is -1.40. The number of nitrogens with one attached hydrogen (secondary N) is 1. The summed E-state index contributed by atoms with van der Waals surface area (Å²) in [5, 5.41) is 23.2. The van der Waals surface area contributed by atoms with E-state index in [2.05, 4.69) is 31.3 Å². The Morgan fingerprint density at radius 1 is 0.365 bits per heavy atom. The van der Waals surface area contributed by atoms with Gasteiger partial charge in [-0.3, -0.25) is 9.59 Å². The van der Waals surface area contributed by atoms with E-state index >= 15 is 0 Å². The van der Waals surface area contributed by atoms with Crippen LogP contribution in [-0.4, -0.2) is 47.4 Å². The molecule has 2 unspecified atom stereocenters. The van der Waals surface area contributed by atoms with Crippen LogP contribution >= 0.6 is 0 Å². The van der Waals surface area contributed by atoms with Crippen molar-refractivity contribution in [2.24, 2.45) is 0 Å². The van der Waals surface area contributed by atoms with E-state index in [0.717, 1.165) is 38.5 Å². The molecule has 0 aromatic heterocycles. The summed E-state index contributed by atoms with van der Waals surface area (Å²) in [7, 11) is 0. The van der Waals surface area contributed by atoms with Crippen LogP contribution < -0.4 is 5.32 Å². The number of aliphatic hydroxyl groups is 2. The molecule has 74 heavy (non-hydrogen) atoms. The fourth-order valence-corrected chi connectivity index (χ4v) is 10.9. The molecule has 0 fully saturated rings. The van der Waals surface area contributed by atoms with Gasteiger partial charge in [0.05, 0.1) is 25.4 Å². The highest BCUT2D eigenvalue weighted by atomic mass is 16.5. The predicted octanol–water partition coefficient (Wildman–Crippen LogP) is 21.6. The zero-order chi connectivity index (χ0) is 53.6. The number of esters is 1. The van der Waals surface area contributed by atoms with Crippen LogP contribution in [-0.2, 0) is 14.3 Å². The summed E-state index contributed by atoms with van der Waals surface area (Å²) in [6, 6.07) is -0.540. The van der Waals surface area contributed by atoms with Gasteiger partial charge in [-0.05, 0) is 51.4 Å². The Bertz CT molecular complexity index is 1110. The van der Waals surface area contributed by atoms with Crippen molar-refractivity contribution in [3.63, 3.8) is 0 Å². The van der Waals surface area contributed by atoms with E-state index in [-0.39, 0.29) is 18.5 Å². The van der Waals surface area contributed by atoms with Crippen molar-refractivity contribution < 1.29 is 24.5 Å². The lowest BCUT2D eigenvalue weighted by atomic mass is 10.0. The van der Waals surface area contributed by atoms with Crippen LogP contribution in [0, 0.1) is 0 Å². The lowest BCUT2D eigenvalue weighted by molar-refractivity contribution is -0.143. The molecule has 0 spiro atoms. The van der Waals surface area contributed by atoms with Gasteiger partial charge in [-0.25, -0.2) is 0 Å².